The predicted molar refractivity (Wildman–Crippen MR) is 76.5 cm³/mol. The lowest BCUT2D eigenvalue weighted by molar-refractivity contribution is 0.183. The molecule has 0 spiro atoms. The molecule has 1 saturated heterocycles. The summed E-state index contributed by atoms with van der Waals surface area (Å²) in [6, 6.07) is 3.73. The highest BCUT2D eigenvalue weighted by Gasteiger charge is 2.27. The van der Waals surface area contributed by atoms with Crippen LogP contribution < -0.4 is 5.32 Å². The summed E-state index contributed by atoms with van der Waals surface area (Å²) in [5.41, 5.74) is 0. The average molecular weight is 315 g/mol. The molecule has 1 aliphatic carbocycles. The Kier molecular flexibility index (Phi) is 3.85. The van der Waals surface area contributed by atoms with Gasteiger partial charge >= 0.3 is 0 Å². The number of hydrogen-bond acceptors (Lipinski definition) is 3. The fraction of sp³-hybridized carbons (Fsp3) is 0.692. The number of rotatable bonds is 4. The Morgan fingerprint density at radius 2 is 2.24 bits per heavy atom. The second-order valence-corrected chi connectivity index (χ2v) is 7.06. The molecule has 0 bridgehead atoms. The van der Waals surface area contributed by atoms with Gasteiger partial charge in [-0.05, 0) is 59.6 Å². The van der Waals surface area contributed by atoms with Crippen LogP contribution in [0.15, 0.2) is 15.9 Å². The summed E-state index contributed by atoms with van der Waals surface area (Å²) in [5, 5.41) is 5.94. The molecule has 94 valence electrons. The molecule has 3 rings (SSSR count). The highest BCUT2D eigenvalue weighted by atomic mass is 79.9. The Labute approximate surface area is 116 Å². The van der Waals surface area contributed by atoms with Gasteiger partial charge < -0.3 is 5.32 Å². The summed E-state index contributed by atoms with van der Waals surface area (Å²) in [7, 11) is 0. The lowest BCUT2D eigenvalue weighted by Crippen LogP contribution is -2.45. The third-order valence-electron chi connectivity index (χ3n) is 3.61. The van der Waals surface area contributed by atoms with E-state index in [9.17, 15) is 0 Å². The average Bonchev–Trinajstić information content (AvgIpc) is 3.04. The van der Waals surface area contributed by atoms with Crippen LogP contribution in [0.1, 0.15) is 30.6 Å². The van der Waals surface area contributed by atoms with E-state index in [1.165, 1.54) is 48.1 Å². The maximum atomic E-state index is 3.77. The number of nitrogens with one attached hydrogen (secondary N) is 1. The van der Waals surface area contributed by atoms with Gasteiger partial charge in [-0.2, -0.15) is 0 Å². The number of halogens is 1. The topological polar surface area (TPSA) is 15.3 Å². The maximum Gasteiger partial charge on any atom is 0.0339 e. The van der Waals surface area contributed by atoms with Gasteiger partial charge in [0, 0.05) is 34.5 Å². The van der Waals surface area contributed by atoms with Crippen LogP contribution in [0.25, 0.3) is 0 Å². The quantitative estimate of drug-likeness (QED) is 0.918. The fourth-order valence-electron chi connectivity index (χ4n) is 2.56. The third kappa shape index (κ3) is 3.31. The van der Waals surface area contributed by atoms with Crippen molar-refractivity contribution in [3.63, 3.8) is 0 Å². The van der Waals surface area contributed by atoms with Crippen molar-refractivity contribution in [3.05, 3.63) is 20.8 Å². The van der Waals surface area contributed by atoms with Crippen LogP contribution in [0, 0.1) is 0 Å². The normalized spacial score (nSPS) is 26.3. The molecule has 2 fully saturated rings. The molecule has 0 radical (unpaired) electrons. The Morgan fingerprint density at radius 1 is 1.35 bits per heavy atom. The van der Waals surface area contributed by atoms with Crippen LogP contribution in [-0.2, 0) is 6.54 Å². The maximum absolute atomic E-state index is 3.77. The van der Waals surface area contributed by atoms with Gasteiger partial charge in [0.25, 0.3) is 0 Å². The Morgan fingerprint density at radius 3 is 2.94 bits per heavy atom. The van der Waals surface area contributed by atoms with Gasteiger partial charge in [0.15, 0.2) is 0 Å². The smallest absolute Gasteiger partial charge is 0.0339 e. The van der Waals surface area contributed by atoms with Crippen LogP contribution in [0.3, 0.4) is 0 Å². The summed E-state index contributed by atoms with van der Waals surface area (Å²) < 4.78 is 1.28. The molecular weight excluding hydrogens is 296 g/mol. The standard InChI is InChI=1S/C13H19BrN2S/c14-12-5-7-17-13(12)9-16-6-1-2-11(8-16)15-10-3-4-10/h5,7,10-11,15H,1-4,6,8-9H2. The van der Waals surface area contributed by atoms with E-state index in [4.69, 9.17) is 0 Å². The number of likely N-dealkylation sites (tertiary alicyclic amines) is 1. The van der Waals surface area contributed by atoms with E-state index in [1.807, 2.05) is 11.3 Å². The fourth-order valence-corrected chi connectivity index (χ4v) is 4.08. The molecule has 17 heavy (non-hydrogen) atoms. The van der Waals surface area contributed by atoms with E-state index in [0.717, 1.165) is 18.6 Å². The molecule has 4 heteroatoms. The second-order valence-electron chi connectivity index (χ2n) is 5.21. The van der Waals surface area contributed by atoms with Crippen LogP contribution >= 0.6 is 27.3 Å². The van der Waals surface area contributed by atoms with Gasteiger partial charge in [0.05, 0.1) is 0 Å². The van der Waals surface area contributed by atoms with E-state index in [0.29, 0.717) is 0 Å². The largest absolute Gasteiger partial charge is 0.310 e. The molecule has 2 heterocycles. The molecule has 1 atom stereocenters. The molecule has 0 aromatic carbocycles. The number of piperidine rings is 1. The SMILES string of the molecule is Brc1ccsc1CN1CCCC(NC2CC2)C1. The van der Waals surface area contributed by atoms with Crippen molar-refractivity contribution in [1.29, 1.82) is 0 Å². The summed E-state index contributed by atoms with van der Waals surface area (Å²) in [6.45, 7) is 3.59. The Hall–Kier alpha value is 0.1000. The third-order valence-corrected chi connectivity index (χ3v) is 5.52. The van der Waals surface area contributed by atoms with Crippen LogP contribution in [0.2, 0.25) is 0 Å². The van der Waals surface area contributed by atoms with Crippen LogP contribution in [0.5, 0.6) is 0 Å². The van der Waals surface area contributed by atoms with E-state index in [2.05, 4.69) is 37.6 Å². The van der Waals surface area contributed by atoms with Crippen LogP contribution in [-0.4, -0.2) is 30.1 Å². The molecule has 2 aliphatic rings. The molecular formula is C13H19BrN2S. The van der Waals surface area contributed by atoms with E-state index < -0.39 is 0 Å². The van der Waals surface area contributed by atoms with Crippen LogP contribution in [0.4, 0.5) is 0 Å². The van der Waals surface area contributed by atoms with Gasteiger partial charge in [0.1, 0.15) is 0 Å². The van der Waals surface area contributed by atoms with Gasteiger partial charge in [0.2, 0.25) is 0 Å². The zero-order valence-electron chi connectivity index (χ0n) is 9.99. The first-order valence-corrected chi connectivity index (χ1v) is 8.19. The van der Waals surface area contributed by atoms with Crippen molar-refractivity contribution >= 4 is 27.3 Å². The van der Waals surface area contributed by atoms with Crippen molar-refractivity contribution in [3.8, 4) is 0 Å². The number of thiophene rings is 1. The highest BCUT2D eigenvalue weighted by Crippen LogP contribution is 2.26. The lowest BCUT2D eigenvalue weighted by atomic mass is 10.1. The first-order chi connectivity index (χ1) is 8.31. The molecule has 1 aromatic rings. The highest BCUT2D eigenvalue weighted by molar-refractivity contribution is 9.10. The molecule has 1 aromatic heterocycles. The van der Waals surface area contributed by atoms with Crippen molar-refractivity contribution in [1.82, 2.24) is 10.2 Å². The molecule has 1 saturated carbocycles. The number of nitrogens with zero attached hydrogens (tertiary/aromatic N) is 1. The minimum absolute atomic E-state index is 0.731. The zero-order chi connectivity index (χ0) is 11.7. The first-order valence-electron chi connectivity index (χ1n) is 6.51. The van der Waals surface area contributed by atoms with Crippen molar-refractivity contribution < 1.29 is 0 Å². The summed E-state index contributed by atoms with van der Waals surface area (Å²) >= 11 is 5.49. The molecule has 0 amide bonds. The summed E-state index contributed by atoms with van der Waals surface area (Å²) in [5.74, 6) is 0. The van der Waals surface area contributed by atoms with Gasteiger partial charge in [-0.25, -0.2) is 0 Å². The minimum atomic E-state index is 0.731. The van der Waals surface area contributed by atoms with Crippen molar-refractivity contribution in [2.75, 3.05) is 13.1 Å². The second kappa shape index (κ2) is 5.39. The number of hydrogen-bond donors (Lipinski definition) is 1. The predicted octanol–water partition coefficient (Wildman–Crippen LogP) is 3.23. The summed E-state index contributed by atoms with van der Waals surface area (Å²) in [4.78, 5) is 4.07. The summed E-state index contributed by atoms with van der Waals surface area (Å²) in [6.07, 6.45) is 5.49. The van der Waals surface area contributed by atoms with Gasteiger partial charge in [-0.1, -0.05) is 0 Å². The molecule has 1 unspecified atom stereocenters. The minimum Gasteiger partial charge on any atom is -0.310 e. The van der Waals surface area contributed by atoms with Gasteiger partial charge in [-0.3, -0.25) is 4.90 Å². The molecule has 1 aliphatic heterocycles. The lowest BCUT2D eigenvalue weighted by Gasteiger charge is -2.33. The monoisotopic (exact) mass is 314 g/mol. The van der Waals surface area contributed by atoms with E-state index in [-0.39, 0.29) is 0 Å². The Bertz CT molecular complexity index is 375. The van der Waals surface area contributed by atoms with Crippen molar-refractivity contribution in [2.45, 2.75) is 44.3 Å². The van der Waals surface area contributed by atoms with E-state index in [1.54, 1.807) is 0 Å². The van der Waals surface area contributed by atoms with E-state index >= 15 is 0 Å². The molecule has 2 nitrogen and oxygen atoms in total. The molecule has 1 N–H and O–H groups in total. The van der Waals surface area contributed by atoms with Gasteiger partial charge in [-0.15, -0.1) is 11.3 Å². The zero-order valence-corrected chi connectivity index (χ0v) is 12.4. The van der Waals surface area contributed by atoms with Crippen molar-refractivity contribution in [2.24, 2.45) is 0 Å². The first kappa shape index (κ1) is 12.2. The Balaban J connectivity index is 1.54.